The summed E-state index contributed by atoms with van der Waals surface area (Å²) in [6.07, 6.45) is 4.06. The fourth-order valence-corrected chi connectivity index (χ4v) is 4.70. The van der Waals surface area contributed by atoms with Crippen LogP contribution in [0.5, 0.6) is 5.75 Å². The van der Waals surface area contributed by atoms with E-state index in [-0.39, 0.29) is 17.2 Å². The number of aryl methyl sites for hydroxylation is 2. The Morgan fingerprint density at radius 1 is 1.03 bits per heavy atom. The third-order valence-corrected chi connectivity index (χ3v) is 6.32. The van der Waals surface area contributed by atoms with Crippen molar-refractivity contribution in [2.45, 2.75) is 39.0 Å². The number of furan rings is 1. The van der Waals surface area contributed by atoms with Crippen LogP contribution in [0, 0.1) is 6.92 Å². The van der Waals surface area contributed by atoms with Gasteiger partial charge in [-0.05, 0) is 56.4 Å². The minimum atomic E-state index is -0.491. The predicted octanol–water partition coefficient (Wildman–Crippen LogP) is 4.36. The van der Waals surface area contributed by atoms with E-state index in [4.69, 9.17) is 4.42 Å². The molecule has 1 aliphatic carbocycles. The summed E-state index contributed by atoms with van der Waals surface area (Å²) in [5, 5.41) is 14.3. The maximum atomic E-state index is 13.5. The van der Waals surface area contributed by atoms with E-state index in [2.05, 4.69) is 16.6 Å². The molecule has 2 N–H and O–H groups in total. The number of carbonyl (C=O) groups is 2. The van der Waals surface area contributed by atoms with Crippen LogP contribution in [0.3, 0.4) is 0 Å². The molecule has 2 amide bonds. The highest BCUT2D eigenvalue weighted by molar-refractivity contribution is 6.10. The number of carbonyl (C=O) groups excluding carboxylic acids is 2. The predicted molar refractivity (Wildman–Crippen MR) is 125 cm³/mol. The topological polar surface area (TPSA) is 95.1 Å². The van der Waals surface area contributed by atoms with Crippen molar-refractivity contribution in [3.05, 3.63) is 82.3 Å². The van der Waals surface area contributed by atoms with E-state index < -0.39 is 5.91 Å². The van der Waals surface area contributed by atoms with Gasteiger partial charge in [0, 0.05) is 29.8 Å². The number of hydrogen-bond acceptors (Lipinski definition) is 5. The summed E-state index contributed by atoms with van der Waals surface area (Å²) in [7, 11) is 0. The molecular formula is C26H25N3O4. The lowest BCUT2D eigenvalue weighted by Gasteiger charge is -2.28. The number of amides is 2. The number of nitrogens with one attached hydrogen (secondary N) is 1. The number of phenolic OH excluding ortho intramolecular Hbond substituents is 1. The van der Waals surface area contributed by atoms with Crippen molar-refractivity contribution < 1.29 is 19.1 Å². The average Bonchev–Trinajstić information content (AvgIpc) is 3.19. The smallest absolute Gasteiger partial charge is 0.294 e. The molecule has 2 aromatic carbocycles. The molecule has 33 heavy (non-hydrogen) atoms. The molecule has 0 bridgehead atoms. The first-order valence-electron chi connectivity index (χ1n) is 11.2. The van der Waals surface area contributed by atoms with Crippen molar-refractivity contribution in [3.63, 3.8) is 0 Å². The van der Waals surface area contributed by atoms with Gasteiger partial charge in [0.1, 0.15) is 11.5 Å². The molecule has 5 rings (SSSR count). The van der Waals surface area contributed by atoms with E-state index in [0.29, 0.717) is 30.9 Å². The van der Waals surface area contributed by atoms with E-state index >= 15 is 0 Å². The highest BCUT2D eigenvalue weighted by atomic mass is 16.4. The van der Waals surface area contributed by atoms with Gasteiger partial charge in [-0.3, -0.25) is 9.59 Å². The normalized spacial score (nSPS) is 16.3. The quantitative estimate of drug-likeness (QED) is 0.588. The van der Waals surface area contributed by atoms with E-state index in [9.17, 15) is 14.7 Å². The summed E-state index contributed by atoms with van der Waals surface area (Å²) in [6.45, 7) is 2.52. The number of rotatable bonds is 3. The van der Waals surface area contributed by atoms with Crippen LogP contribution in [0.15, 0.2) is 58.0 Å². The average molecular weight is 444 g/mol. The maximum Gasteiger partial charge on any atom is 0.294 e. The number of hydrogen-bond donors (Lipinski definition) is 2. The second-order valence-corrected chi connectivity index (χ2v) is 8.41. The first-order chi connectivity index (χ1) is 16.0. The molecule has 2 aliphatic rings. The van der Waals surface area contributed by atoms with Gasteiger partial charge in [-0.15, -0.1) is 0 Å². The van der Waals surface area contributed by atoms with Crippen LogP contribution in [-0.2, 0) is 12.8 Å². The minimum Gasteiger partial charge on any atom is -0.507 e. The zero-order valence-corrected chi connectivity index (χ0v) is 18.4. The van der Waals surface area contributed by atoms with Gasteiger partial charge < -0.3 is 14.4 Å². The molecule has 0 fully saturated rings. The molecular weight excluding hydrogens is 418 g/mol. The molecule has 168 valence electrons. The molecule has 0 saturated carbocycles. The SMILES string of the molecule is Cc1c(C(=O)N2CCCc3ccccc32)oc2c1/C(=N/NC(=O)c1ccccc1O)CCC2. The number of phenols is 1. The Morgan fingerprint density at radius 3 is 2.67 bits per heavy atom. The Balaban J connectivity index is 1.44. The number of nitrogens with zero attached hydrogens (tertiary/aromatic N) is 2. The van der Waals surface area contributed by atoms with Gasteiger partial charge in [-0.2, -0.15) is 5.10 Å². The third kappa shape index (κ3) is 3.80. The molecule has 0 radical (unpaired) electrons. The van der Waals surface area contributed by atoms with Crippen LogP contribution in [-0.4, -0.2) is 29.2 Å². The van der Waals surface area contributed by atoms with E-state index in [1.165, 1.54) is 17.7 Å². The Morgan fingerprint density at radius 2 is 1.82 bits per heavy atom. The summed E-state index contributed by atoms with van der Waals surface area (Å²) in [4.78, 5) is 27.8. The molecule has 3 aromatic rings. The lowest BCUT2D eigenvalue weighted by atomic mass is 9.93. The van der Waals surface area contributed by atoms with Gasteiger partial charge in [-0.25, -0.2) is 5.43 Å². The largest absolute Gasteiger partial charge is 0.507 e. The molecule has 2 heterocycles. The first kappa shape index (κ1) is 21.0. The van der Waals surface area contributed by atoms with Crippen LogP contribution in [0.1, 0.15) is 62.6 Å². The Hall–Kier alpha value is -3.87. The number of fused-ring (bicyclic) bond motifs is 2. The molecule has 7 nitrogen and oxygen atoms in total. The first-order valence-corrected chi connectivity index (χ1v) is 11.2. The van der Waals surface area contributed by atoms with E-state index in [0.717, 1.165) is 41.8 Å². The second-order valence-electron chi connectivity index (χ2n) is 8.41. The van der Waals surface area contributed by atoms with Crippen molar-refractivity contribution in [2.75, 3.05) is 11.4 Å². The lowest BCUT2D eigenvalue weighted by Crippen LogP contribution is -2.35. The van der Waals surface area contributed by atoms with Crippen molar-refractivity contribution in [2.24, 2.45) is 5.10 Å². The van der Waals surface area contributed by atoms with Gasteiger partial charge >= 0.3 is 0 Å². The number of aromatic hydroxyl groups is 1. The highest BCUT2D eigenvalue weighted by Gasteiger charge is 2.32. The number of anilines is 1. The van der Waals surface area contributed by atoms with Crippen LogP contribution in [0.4, 0.5) is 5.69 Å². The summed E-state index contributed by atoms with van der Waals surface area (Å²) in [5.41, 5.74) is 7.02. The highest BCUT2D eigenvalue weighted by Crippen LogP contribution is 2.33. The second kappa shape index (κ2) is 8.58. The van der Waals surface area contributed by atoms with Gasteiger partial charge in [0.2, 0.25) is 0 Å². The molecule has 1 aromatic heterocycles. The van der Waals surface area contributed by atoms with Gasteiger partial charge in [0.15, 0.2) is 5.76 Å². The van der Waals surface area contributed by atoms with Gasteiger partial charge in [-0.1, -0.05) is 30.3 Å². The molecule has 7 heteroatoms. The number of para-hydroxylation sites is 2. The Labute approximate surface area is 191 Å². The van der Waals surface area contributed by atoms with Crippen LogP contribution >= 0.6 is 0 Å². The summed E-state index contributed by atoms with van der Waals surface area (Å²) < 4.78 is 6.08. The van der Waals surface area contributed by atoms with Crippen LogP contribution in [0.25, 0.3) is 0 Å². The zero-order valence-electron chi connectivity index (χ0n) is 18.4. The minimum absolute atomic E-state index is 0.103. The molecule has 0 atom stereocenters. The molecule has 0 spiro atoms. The standard InChI is InChI=1S/C26H25N3O4/c1-16-23-19(27-28-25(31)18-10-3-5-13-21(18)30)11-6-14-22(23)33-24(16)26(32)29-15-7-9-17-8-2-4-12-20(17)29/h2-5,8,10,12-13,30H,6-7,9,11,14-15H2,1H3,(H,28,31)/b27-19+. The third-order valence-electron chi connectivity index (χ3n) is 6.32. The van der Waals surface area contributed by atoms with Crippen LogP contribution < -0.4 is 10.3 Å². The fourth-order valence-electron chi connectivity index (χ4n) is 4.70. The van der Waals surface area contributed by atoms with E-state index in [1.54, 1.807) is 17.0 Å². The Bertz CT molecular complexity index is 1270. The fraction of sp³-hybridized carbons (Fsp3) is 0.269. The van der Waals surface area contributed by atoms with Crippen LogP contribution in [0.2, 0.25) is 0 Å². The number of hydrazone groups is 1. The Kier molecular flexibility index (Phi) is 5.46. The van der Waals surface area contributed by atoms with Crippen molar-refractivity contribution in [3.8, 4) is 5.75 Å². The number of benzene rings is 2. The molecule has 0 unspecified atom stereocenters. The molecule has 1 aliphatic heterocycles. The van der Waals surface area contributed by atoms with Gasteiger partial charge in [0.05, 0.1) is 11.3 Å². The summed E-state index contributed by atoms with van der Waals surface area (Å²) in [5.74, 6) is 0.316. The van der Waals surface area contributed by atoms with Crippen molar-refractivity contribution >= 4 is 23.2 Å². The van der Waals surface area contributed by atoms with E-state index in [1.807, 2.05) is 25.1 Å². The van der Waals surface area contributed by atoms with Crippen molar-refractivity contribution in [1.82, 2.24) is 5.43 Å². The lowest BCUT2D eigenvalue weighted by molar-refractivity contribution is 0.0946. The molecule has 0 saturated heterocycles. The monoisotopic (exact) mass is 443 g/mol. The zero-order chi connectivity index (χ0) is 22.9. The summed E-state index contributed by atoms with van der Waals surface area (Å²) >= 11 is 0. The summed E-state index contributed by atoms with van der Waals surface area (Å²) in [6, 6.07) is 14.3. The maximum absolute atomic E-state index is 13.5. The van der Waals surface area contributed by atoms with Gasteiger partial charge in [0.25, 0.3) is 11.8 Å². The van der Waals surface area contributed by atoms with Crippen molar-refractivity contribution in [1.29, 1.82) is 0 Å².